The third-order valence-corrected chi connectivity index (χ3v) is 5.37. The highest BCUT2D eigenvalue weighted by atomic mass is 79.9. The maximum atomic E-state index is 11.1. The van der Waals surface area contributed by atoms with Crippen LogP contribution in [0.4, 0.5) is 5.69 Å². The fourth-order valence-electron chi connectivity index (χ4n) is 3.11. The summed E-state index contributed by atoms with van der Waals surface area (Å²) in [5.74, 6) is -0.999. The van der Waals surface area contributed by atoms with Gasteiger partial charge in [-0.2, -0.15) is 10.2 Å². The highest BCUT2D eigenvalue weighted by Gasteiger charge is 2.14. The first kappa shape index (κ1) is 22.5. The molecule has 3 aromatic carbocycles. The first-order chi connectivity index (χ1) is 15.9. The number of carboxylic acid groups (broad SMARTS) is 1. The zero-order chi connectivity index (χ0) is 23.4. The van der Waals surface area contributed by atoms with E-state index in [2.05, 4.69) is 31.6 Å². The molecule has 4 N–H and O–H groups in total. The predicted octanol–water partition coefficient (Wildman–Crippen LogP) is 3.13. The summed E-state index contributed by atoms with van der Waals surface area (Å²) in [6.45, 7) is 0. The highest BCUT2D eigenvalue weighted by Crippen LogP contribution is 2.23. The van der Waals surface area contributed by atoms with Crippen molar-refractivity contribution >= 4 is 46.4 Å². The van der Waals surface area contributed by atoms with E-state index >= 15 is 0 Å². The van der Waals surface area contributed by atoms with Gasteiger partial charge in [0, 0.05) is 21.8 Å². The SMILES string of the molecule is O=C(O)c1ccc(-n2cc(/C=N/Nc3ccc(Br)cc3)c(-c3ccc(B(O)O)cc3)n2)cc1. The van der Waals surface area contributed by atoms with Crippen LogP contribution in [-0.4, -0.2) is 44.2 Å². The number of hydrogen-bond donors (Lipinski definition) is 4. The van der Waals surface area contributed by atoms with Gasteiger partial charge in [0.1, 0.15) is 5.69 Å². The standard InChI is InChI=1S/C23H18BBrN4O4/c25-19-7-9-20(10-8-19)27-26-13-17-14-29(21-11-3-16(4-12-21)23(30)31)28-22(17)15-1-5-18(6-2-15)24(32)33/h1-14,27,32-33H,(H,30,31)/b26-13+. The second-order valence-corrected chi connectivity index (χ2v) is 8.02. The van der Waals surface area contributed by atoms with Gasteiger partial charge in [0.15, 0.2) is 0 Å². The predicted molar refractivity (Wildman–Crippen MR) is 131 cm³/mol. The molecule has 0 aliphatic heterocycles. The lowest BCUT2D eigenvalue weighted by atomic mass is 9.80. The molecule has 0 saturated heterocycles. The van der Waals surface area contributed by atoms with Crippen molar-refractivity contribution in [3.63, 3.8) is 0 Å². The number of hydrogen-bond acceptors (Lipinski definition) is 6. The number of hydrazone groups is 1. The van der Waals surface area contributed by atoms with E-state index in [4.69, 9.17) is 5.11 Å². The lowest BCUT2D eigenvalue weighted by Crippen LogP contribution is -2.29. The molecule has 4 rings (SSSR count). The summed E-state index contributed by atoms with van der Waals surface area (Å²) in [5, 5.41) is 36.8. The van der Waals surface area contributed by atoms with Crippen LogP contribution in [0.2, 0.25) is 0 Å². The number of aromatic carboxylic acids is 1. The molecule has 1 heterocycles. The molecule has 10 heteroatoms. The lowest BCUT2D eigenvalue weighted by Gasteiger charge is -2.03. The molecule has 0 atom stereocenters. The Labute approximate surface area is 198 Å². The zero-order valence-corrected chi connectivity index (χ0v) is 18.7. The Hall–Kier alpha value is -3.73. The minimum Gasteiger partial charge on any atom is -0.478 e. The van der Waals surface area contributed by atoms with Gasteiger partial charge in [0.25, 0.3) is 0 Å². The van der Waals surface area contributed by atoms with Gasteiger partial charge < -0.3 is 15.2 Å². The third-order valence-electron chi connectivity index (χ3n) is 4.85. The van der Waals surface area contributed by atoms with Gasteiger partial charge in [-0.05, 0) is 54.0 Å². The molecular weight excluding hydrogens is 487 g/mol. The Morgan fingerprint density at radius 3 is 2.27 bits per heavy atom. The van der Waals surface area contributed by atoms with Crippen LogP contribution < -0.4 is 10.9 Å². The number of nitrogens with one attached hydrogen (secondary N) is 1. The Balaban J connectivity index is 1.68. The van der Waals surface area contributed by atoms with Crippen molar-refractivity contribution in [1.29, 1.82) is 0 Å². The van der Waals surface area contributed by atoms with Crippen LogP contribution in [0.3, 0.4) is 0 Å². The molecular formula is C23H18BBrN4O4. The molecule has 0 amide bonds. The summed E-state index contributed by atoms with van der Waals surface area (Å²) in [6, 6.07) is 20.7. The summed E-state index contributed by atoms with van der Waals surface area (Å²) in [5.41, 5.74) is 7.11. The van der Waals surface area contributed by atoms with Crippen LogP contribution in [-0.2, 0) is 0 Å². The van der Waals surface area contributed by atoms with Gasteiger partial charge in [-0.25, -0.2) is 9.48 Å². The van der Waals surface area contributed by atoms with E-state index in [9.17, 15) is 14.8 Å². The van der Waals surface area contributed by atoms with Crippen LogP contribution in [0.25, 0.3) is 16.9 Å². The average Bonchev–Trinajstić information content (AvgIpc) is 3.24. The molecule has 0 radical (unpaired) electrons. The van der Waals surface area contributed by atoms with Crippen LogP contribution in [0.1, 0.15) is 15.9 Å². The highest BCUT2D eigenvalue weighted by molar-refractivity contribution is 9.10. The quantitative estimate of drug-likeness (QED) is 0.174. The smallest absolute Gasteiger partial charge is 0.478 e. The molecule has 0 bridgehead atoms. The van der Waals surface area contributed by atoms with Crippen molar-refractivity contribution in [2.45, 2.75) is 0 Å². The van der Waals surface area contributed by atoms with Gasteiger partial charge in [-0.3, -0.25) is 5.43 Å². The molecule has 0 unspecified atom stereocenters. The second kappa shape index (κ2) is 9.82. The number of benzene rings is 3. The number of rotatable bonds is 7. The fraction of sp³-hybridized carbons (Fsp3) is 0. The van der Waals surface area contributed by atoms with Crippen molar-refractivity contribution in [2.75, 3.05) is 5.43 Å². The summed E-state index contributed by atoms with van der Waals surface area (Å²) < 4.78 is 2.60. The number of carboxylic acids is 1. The van der Waals surface area contributed by atoms with Crippen molar-refractivity contribution in [2.24, 2.45) is 5.10 Å². The van der Waals surface area contributed by atoms with Crippen LogP contribution in [0.5, 0.6) is 0 Å². The number of carbonyl (C=O) groups is 1. The number of aromatic nitrogens is 2. The maximum Gasteiger partial charge on any atom is 0.488 e. The van der Waals surface area contributed by atoms with Crippen molar-refractivity contribution in [3.8, 4) is 16.9 Å². The second-order valence-electron chi connectivity index (χ2n) is 7.10. The molecule has 33 heavy (non-hydrogen) atoms. The molecule has 164 valence electrons. The lowest BCUT2D eigenvalue weighted by molar-refractivity contribution is 0.0697. The van der Waals surface area contributed by atoms with Crippen molar-refractivity contribution in [3.05, 3.63) is 94.6 Å². The molecule has 0 aliphatic rings. The van der Waals surface area contributed by atoms with Gasteiger partial charge in [0.2, 0.25) is 0 Å². The van der Waals surface area contributed by atoms with Crippen molar-refractivity contribution < 1.29 is 19.9 Å². The van der Waals surface area contributed by atoms with Gasteiger partial charge in [-0.1, -0.05) is 40.2 Å². The molecule has 4 aromatic rings. The maximum absolute atomic E-state index is 11.1. The Morgan fingerprint density at radius 1 is 1.00 bits per heavy atom. The topological polar surface area (TPSA) is 120 Å². The van der Waals surface area contributed by atoms with Gasteiger partial charge >= 0.3 is 13.1 Å². The summed E-state index contributed by atoms with van der Waals surface area (Å²) in [7, 11) is -1.56. The number of halogens is 1. The first-order valence-corrected chi connectivity index (χ1v) is 10.6. The molecule has 0 saturated carbocycles. The van der Waals surface area contributed by atoms with E-state index in [1.54, 1.807) is 53.5 Å². The van der Waals surface area contributed by atoms with E-state index in [1.807, 2.05) is 24.3 Å². The molecule has 8 nitrogen and oxygen atoms in total. The zero-order valence-electron chi connectivity index (χ0n) is 17.1. The van der Waals surface area contributed by atoms with Crippen LogP contribution >= 0.6 is 15.9 Å². The van der Waals surface area contributed by atoms with Gasteiger partial charge in [0.05, 0.1) is 23.2 Å². The van der Waals surface area contributed by atoms with Crippen molar-refractivity contribution in [1.82, 2.24) is 9.78 Å². The minimum atomic E-state index is -1.56. The monoisotopic (exact) mass is 504 g/mol. The molecule has 0 spiro atoms. The Kier molecular flexibility index (Phi) is 6.69. The third kappa shape index (κ3) is 5.37. The van der Waals surface area contributed by atoms with Crippen LogP contribution in [0.15, 0.2) is 88.6 Å². The van der Waals surface area contributed by atoms with Gasteiger partial charge in [-0.15, -0.1) is 0 Å². The molecule has 1 aromatic heterocycles. The van der Waals surface area contributed by atoms with Crippen LogP contribution in [0, 0.1) is 0 Å². The molecule has 0 aliphatic carbocycles. The Morgan fingerprint density at radius 2 is 1.67 bits per heavy atom. The largest absolute Gasteiger partial charge is 0.488 e. The van der Waals surface area contributed by atoms with E-state index in [0.29, 0.717) is 22.4 Å². The summed E-state index contributed by atoms with van der Waals surface area (Å²) >= 11 is 3.40. The minimum absolute atomic E-state index is 0.185. The number of nitrogens with zero attached hydrogens (tertiary/aromatic N) is 3. The first-order valence-electron chi connectivity index (χ1n) is 9.85. The fourth-order valence-corrected chi connectivity index (χ4v) is 3.37. The van der Waals surface area contributed by atoms with E-state index in [-0.39, 0.29) is 5.56 Å². The van der Waals surface area contributed by atoms with E-state index in [0.717, 1.165) is 15.7 Å². The van der Waals surface area contributed by atoms with E-state index in [1.165, 1.54) is 12.1 Å². The summed E-state index contributed by atoms with van der Waals surface area (Å²) in [6.07, 6.45) is 3.42. The normalized spacial score (nSPS) is 11.0. The van der Waals surface area contributed by atoms with E-state index < -0.39 is 13.1 Å². The molecule has 0 fully saturated rings. The average molecular weight is 505 g/mol. The number of anilines is 1. The summed E-state index contributed by atoms with van der Waals surface area (Å²) in [4.78, 5) is 11.1. The Bertz CT molecular complexity index is 1290.